The Bertz CT molecular complexity index is 1070. The average Bonchev–Trinajstić information content (AvgIpc) is 3.08. The van der Waals surface area contributed by atoms with Gasteiger partial charge in [0.05, 0.1) is 11.4 Å². The Hall–Kier alpha value is -2.87. The Balaban J connectivity index is 1.71. The standard InChI is InChI=1S/C21H25ClN6O2/c1-21(2,3)30-20(29)27-10-4-5-15(11-27)28-19-16(18(23)24-12-25-19)17(26-28)13-6-8-14(22)9-7-13/h6-9,12,15H,4-5,10-11H2,1-3H3,(H2,23,24,25). The van der Waals surface area contributed by atoms with E-state index in [1.807, 2.05) is 49.7 Å². The number of fused-ring (bicyclic) bond motifs is 1. The molecule has 1 unspecified atom stereocenters. The summed E-state index contributed by atoms with van der Waals surface area (Å²) >= 11 is 6.04. The summed E-state index contributed by atoms with van der Waals surface area (Å²) in [4.78, 5) is 22.9. The number of hydrogen-bond donors (Lipinski definition) is 1. The molecule has 30 heavy (non-hydrogen) atoms. The Morgan fingerprint density at radius 2 is 1.97 bits per heavy atom. The molecule has 0 bridgehead atoms. The zero-order valence-electron chi connectivity index (χ0n) is 17.3. The van der Waals surface area contributed by atoms with Crippen LogP contribution in [0, 0.1) is 0 Å². The number of ether oxygens (including phenoxy) is 1. The normalized spacial score (nSPS) is 17.3. The van der Waals surface area contributed by atoms with Crippen LogP contribution in [-0.2, 0) is 4.74 Å². The van der Waals surface area contributed by atoms with Crippen LogP contribution >= 0.6 is 11.6 Å². The molecule has 158 valence electrons. The van der Waals surface area contributed by atoms with E-state index in [-0.39, 0.29) is 12.1 Å². The maximum Gasteiger partial charge on any atom is 0.410 e. The second-order valence-electron chi connectivity index (χ2n) is 8.48. The van der Waals surface area contributed by atoms with Crippen molar-refractivity contribution in [2.75, 3.05) is 18.8 Å². The molecule has 0 aliphatic carbocycles. The van der Waals surface area contributed by atoms with E-state index in [0.29, 0.717) is 40.7 Å². The van der Waals surface area contributed by atoms with Crippen molar-refractivity contribution in [1.29, 1.82) is 0 Å². The molecule has 2 aromatic heterocycles. The van der Waals surface area contributed by atoms with Gasteiger partial charge in [-0.3, -0.25) is 0 Å². The topological polar surface area (TPSA) is 99.2 Å². The van der Waals surface area contributed by atoms with Gasteiger partial charge in [-0.25, -0.2) is 19.4 Å². The number of carbonyl (C=O) groups is 1. The molecule has 0 radical (unpaired) electrons. The average molecular weight is 429 g/mol. The highest BCUT2D eigenvalue weighted by Crippen LogP contribution is 2.34. The maximum atomic E-state index is 12.6. The molecule has 1 fully saturated rings. The van der Waals surface area contributed by atoms with Crippen molar-refractivity contribution >= 4 is 34.5 Å². The minimum Gasteiger partial charge on any atom is -0.444 e. The highest BCUT2D eigenvalue weighted by Gasteiger charge is 2.31. The highest BCUT2D eigenvalue weighted by atomic mass is 35.5. The van der Waals surface area contributed by atoms with Crippen LogP contribution in [-0.4, -0.2) is 49.4 Å². The molecule has 4 rings (SSSR count). The minimum absolute atomic E-state index is 0.0379. The number of benzene rings is 1. The van der Waals surface area contributed by atoms with E-state index < -0.39 is 5.60 Å². The number of nitrogens with two attached hydrogens (primary N) is 1. The number of likely N-dealkylation sites (tertiary alicyclic amines) is 1. The van der Waals surface area contributed by atoms with Gasteiger partial charge in [0.1, 0.15) is 23.4 Å². The van der Waals surface area contributed by atoms with Crippen molar-refractivity contribution in [3.05, 3.63) is 35.6 Å². The fourth-order valence-electron chi connectivity index (χ4n) is 3.71. The first-order valence-corrected chi connectivity index (χ1v) is 10.3. The molecule has 1 aliphatic heterocycles. The van der Waals surface area contributed by atoms with Gasteiger partial charge in [0.15, 0.2) is 5.65 Å². The monoisotopic (exact) mass is 428 g/mol. The number of nitrogens with zero attached hydrogens (tertiary/aromatic N) is 5. The Kier molecular flexibility index (Phi) is 5.27. The fraction of sp³-hybridized carbons (Fsp3) is 0.429. The smallest absolute Gasteiger partial charge is 0.410 e. The zero-order chi connectivity index (χ0) is 21.5. The molecule has 1 amide bonds. The van der Waals surface area contributed by atoms with Gasteiger partial charge in [-0.05, 0) is 45.7 Å². The van der Waals surface area contributed by atoms with Crippen LogP contribution in [0.3, 0.4) is 0 Å². The van der Waals surface area contributed by atoms with Crippen LogP contribution in [0.4, 0.5) is 10.6 Å². The molecule has 2 N–H and O–H groups in total. The summed E-state index contributed by atoms with van der Waals surface area (Å²) in [5.74, 6) is 0.371. The van der Waals surface area contributed by atoms with Crippen molar-refractivity contribution in [2.24, 2.45) is 0 Å². The van der Waals surface area contributed by atoms with E-state index >= 15 is 0 Å². The summed E-state index contributed by atoms with van der Waals surface area (Å²) in [5, 5.41) is 6.20. The first-order valence-electron chi connectivity index (χ1n) is 9.95. The molecule has 1 atom stereocenters. The quantitative estimate of drug-likeness (QED) is 0.653. The largest absolute Gasteiger partial charge is 0.444 e. The van der Waals surface area contributed by atoms with E-state index in [9.17, 15) is 4.79 Å². The summed E-state index contributed by atoms with van der Waals surface area (Å²) in [6.07, 6.45) is 2.86. The second kappa shape index (κ2) is 7.75. The van der Waals surface area contributed by atoms with E-state index in [0.717, 1.165) is 18.4 Å². The van der Waals surface area contributed by atoms with E-state index in [2.05, 4.69) is 9.97 Å². The van der Waals surface area contributed by atoms with E-state index in [4.69, 9.17) is 27.2 Å². The molecule has 9 heteroatoms. The number of aromatic nitrogens is 4. The van der Waals surface area contributed by atoms with Gasteiger partial charge in [0.25, 0.3) is 0 Å². The van der Waals surface area contributed by atoms with Crippen LogP contribution in [0.5, 0.6) is 0 Å². The highest BCUT2D eigenvalue weighted by molar-refractivity contribution is 6.30. The molecule has 3 aromatic rings. The number of hydrogen-bond acceptors (Lipinski definition) is 6. The fourth-order valence-corrected chi connectivity index (χ4v) is 3.83. The van der Waals surface area contributed by atoms with Crippen molar-refractivity contribution in [2.45, 2.75) is 45.3 Å². The van der Waals surface area contributed by atoms with Gasteiger partial charge >= 0.3 is 6.09 Å². The lowest BCUT2D eigenvalue weighted by Gasteiger charge is -2.34. The lowest BCUT2D eigenvalue weighted by molar-refractivity contribution is 0.0169. The third kappa shape index (κ3) is 4.05. The second-order valence-corrected chi connectivity index (χ2v) is 8.92. The summed E-state index contributed by atoms with van der Waals surface area (Å²) in [6.45, 7) is 6.75. The first kappa shape index (κ1) is 20.4. The van der Waals surface area contributed by atoms with Crippen LogP contribution < -0.4 is 5.73 Å². The van der Waals surface area contributed by atoms with Crippen molar-refractivity contribution < 1.29 is 9.53 Å². The maximum absolute atomic E-state index is 12.6. The third-order valence-corrected chi connectivity index (χ3v) is 5.28. The van der Waals surface area contributed by atoms with Crippen LogP contribution in [0.1, 0.15) is 39.7 Å². The van der Waals surface area contributed by atoms with E-state index in [1.165, 1.54) is 6.33 Å². The number of anilines is 1. The zero-order valence-corrected chi connectivity index (χ0v) is 18.1. The molecule has 1 aliphatic rings. The van der Waals surface area contributed by atoms with Gasteiger partial charge < -0.3 is 15.4 Å². The van der Waals surface area contributed by atoms with Gasteiger partial charge in [0, 0.05) is 23.7 Å². The summed E-state index contributed by atoms with van der Waals surface area (Å²) < 4.78 is 7.42. The number of nitrogen functional groups attached to an aromatic ring is 1. The van der Waals surface area contributed by atoms with Gasteiger partial charge in [-0.2, -0.15) is 5.10 Å². The van der Waals surface area contributed by atoms with E-state index in [1.54, 1.807) is 4.90 Å². The molecule has 1 saturated heterocycles. The first-order chi connectivity index (χ1) is 14.2. The number of amides is 1. The molecule has 0 saturated carbocycles. The summed E-state index contributed by atoms with van der Waals surface area (Å²) in [7, 11) is 0. The predicted octanol–water partition coefficient (Wildman–Crippen LogP) is 4.30. The number of carbonyl (C=O) groups excluding carboxylic acids is 1. The third-order valence-electron chi connectivity index (χ3n) is 5.03. The predicted molar refractivity (Wildman–Crippen MR) is 116 cm³/mol. The number of piperidine rings is 1. The molecule has 1 aromatic carbocycles. The molecule has 8 nitrogen and oxygen atoms in total. The molecular formula is C21H25ClN6O2. The summed E-state index contributed by atoms with van der Waals surface area (Å²) in [6, 6.07) is 7.38. The Morgan fingerprint density at radius 3 is 2.67 bits per heavy atom. The van der Waals surface area contributed by atoms with Crippen LogP contribution in [0.15, 0.2) is 30.6 Å². The minimum atomic E-state index is -0.536. The van der Waals surface area contributed by atoms with Crippen molar-refractivity contribution in [3.63, 3.8) is 0 Å². The lowest BCUT2D eigenvalue weighted by atomic mass is 10.1. The summed E-state index contributed by atoms with van der Waals surface area (Å²) in [5.41, 5.74) is 7.90. The van der Waals surface area contributed by atoms with Gasteiger partial charge in [0.2, 0.25) is 0 Å². The SMILES string of the molecule is CC(C)(C)OC(=O)N1CCCC(n2nc(-c3ccc(Cl)cc3)c3c(N)ncnc32)C1. The van der Waals surface area contributed by atoms with Gasteiger partial charge in [-0.1, -0.05) is 23.7 Å². The molecule has 0 spiro atoms. The number of rotatable bonds is 2. The van der Waals surface area contributed by atoms with Crippen LogP contribution in [0.25, 0.3) is 22.3 Å². The molecular weight excluding hydrogens is 404 g/mol. The van der Waals surface area contributed by atoms with Crippen molar-refractivity contribution in [1.82, 2.24) is 24.6 Å². The van der Waals surface area contributed by atoms with Crippen molar-refractivity contribution in [3.8, 4) is 11.3 Å². The van der Waals surface area contributed by atoms with Crippen LogP contribution in [0.2, 0.25) is 5.02 Å². The molecule has 3 heterocycles. The Morgan fingerprint density at radius 1 is 1.23 bits per heavy atom. The number of halogens is 1. The van der Waals surface area contributed by atoms with Gasteiger partial charge in [-0.15, -0.1) is 0 Å². The lowest BCUT2D eigenvalue weighted by Crippen LogP contribution is -2.43. The Labute approximate surface area is 180 Å².